The van der Waals surface area contributed by atoms with E-state index in [9.17, 15) is 49.5 Å². The number of aryl methyl sites for hydroxylation is 1. The van der Waals surface area contributed by atoms with Crippen molar-refractivity contribution < 1.29 is 73.3 Å². The van der Waals surface area contributed by atoms with Gasteiger partial charge in [-0.1, -0.05) is 11.2 Å². The van der Waals surface area contributed by atoms with Gasteiger partial charge in [0.15, 0.2) is 22.8 Å². The summed E-state index contributed by atoms with van der Waals surface area (Å²) in [5, 5.41) is 65.5. The second-order valence-electron chi connectivity index (χ2n) is 12.9. The number of carboxylic acid groups (broad SMARTS) is 1. The Labute approximate surface area is 300 Å². The number of carbonyl (C=O) groups excluding carboxylic acids is 4. The summed E-state index contributed by atoms with van der Waals surface area (Å²) < 4.78 is 23.1. The molecule has 8 N–H and O–H groups in total. The normalized spacial score (nSPS) is 31.2. The molecular weight excluding hydrogens is 702 g/mol. The lowest BCUT2D eigenvalue weighted by Gasteiger charge is -2.55. The van der Waals surface area contributed by atoms with E-state index in [1.807, 2.05) is 0 Å². The highest BCUT2D eigenvalue weighted by Gasteiger charge is 2.74. The van der Waals surface area contributed by atoms with Crippen molar-refractivity contribution in [1.29, 1.82) is 0 Å². The second-order valence-corrected chi connectivity index (χ2v) is 12.9. The van der Waals surface area contributed by atoms with Gasteiger partial charge in [0, 0.05) is 44.6 Å². The van der Waals surface area contributed by atoms with Gasteiger partial charge in [0.2, 0.25) is 11.6 Å². The number of nitrogens with two attached hydrogens (primary N) is 1. The number of aliphatic hydroxyl groups excluding tert-OH is 1. The molecule has 0 amide bonds. The number of nitrogens with zero attached hydrogens (tertiary/aromatic N) is 1. The molecule has 0 aromatic heterocycles. The Morgan fingerprint density at radius 3 is 2.25 bits per heavy atom. The number of carbonyl (C=O) groups is 5. The Balaban J connectivity index is 1.63. The van der Waals surface area contributed by atoms with E-state index >= 15 is 0 Å². The number of aromatic hydroxyl groups is 2. The molecule has 1 fully saturated rings. The Kier molecular flexibility index (Phi) is 9.63. The van der Waals surface area contributed by atoms with Crippen molar-refractivity contribution in [3.63, 3.8) is 0 Å². The van der Waals surface area contributed by atoms with Crippen LogP contribution in [0.3, 0.4) is 0 Å². The summed E-state index contributed by atoms with van der Waals surface area (Å²) in [7, 11) is 3.57. The molecule has 0 radical (unpaired) electrons. The maximum absolute atomic E-state index is 14.8. The number of aromatic carboxylic acids is 1. The van der Waals surface area contributed by atoms with Crippen LogP contribution in [0.5, 0.6) is 11.5 Å². The highest BCUT2D eigenvalue weighted by Crippen LogP contribution is 2.59. The van der Waals surface area contributed by atoms with Crippen LogP contribution in [0.15, 0.2) is 29.4 Å². The second kappa shape index (κ2) is 13.5. The number of Topliss-reactive ketones (excluding diaryl/α,β-unsaturated/α-hetero) is 2. The third-order valence-corrected chi connectivity index (χ3v) is 10.2. The number of nitrogens with one attached hydrogen (secondary N) is 1. The first-order valence-electron chi connectivity index (χ1n) is 16.3. The smallest absolute Gasteiger partial charge is 0.339 e. The van der Waals surface area contributed by atoms with E-state index in [4.69, 9.17) is 29.5 Å². The zero-order valence-corrected chi connectivity index (χ0v) is 29.0. The van der Waals surface area contributed by atoms with E-state index in [0.29, 0.717) is 0 Å². The number of oxime groups is 1. The molecule has 282 valence electrons. The Hall–Kier alpha value is -4.92. The van der Waals surface area contributed by atoms with E-state index < -0.39 is 122 Å². The van der Waals surface area contributed by atoms with Crippen molar-refractivity contribution in [3.8, 4) is 11.5 Å². The maximum Gasteiger partial charge on any atom is 0.339 e. The standard InChI is InChI=1S/C35H37N3O15/c1-12-10-16-22(26(42)19(12)33(46)47)34(48)29(43)15-11-14-17(39)6-7-18(40)20(14)25(41)21(15)30(44)35(34,51-5)31(45)23(16)37-32-28(50-4)24(38-52-9-8-36)27(49-3)13(2)53-32/h6-7,10-11,13,23,27-28,31-32,37,41-42,45,48H,8-9,36H2,1-5H3,(H,46,47)/b38-24-. The monoisotopic (exact) mass is 739 g/mol. The molecule has 53 heavy (non-hydrogen) atoms. The van der Waals surface area contributed by atoms with Crippen molar-refractivity contribution in [1.82, 2.24) is 5.32 Å². The molecule has 1 aliphatic heterocycles. The number of phenols is 2. The van der Waals surface area contributed by atoms with Crippen LogP contribution in [0, 0.1) is 6.92 Å². The lowest BCUT2D eigenvalue weighted by Crippen LogP contribution is -2.75. The number of hydrogen-bond acceptors (Lipinski definition) is 17. The predicted molar refractivity (Wildman–Crippen MR) is 178 cm³/mol. The van der Waals surface area contributed by atoms with Gasteiger partial charge >= 0.3 is 5.97 Å². The van der Waals surface area contributed by atoms with Crippen molar-refractivity contribution in [2.75, 3.05) is 34.5 Å². The first-order chi connectivity index (χ1) is 25.1. The van der Waals surface area contributed by atoms with E-state index in [1.54, 1.807) is 6.92 Å². The number of rotatable bonds is 9. The fraction of sp³-hybridized carbons (Fsp3) is 0.429. The van der Waals surface area contributed by atoms with Crippen LogP contribution >= 0.6 is 0 Å². The minimum Gasteiger partial charge on any atom is -0.507 e. The van der Waals surface area contributed by atoms with Gasteiger partial charge in [-0.25, -0.2) is 4.79 Å². The number of carboxylic acids is 1. The Morgan fingerprint density at radius 2 is 1.64 bits per heavy atom. The largest absolute Gasteiger partial charge is 0.507 e. The van der Waals surface area contributed by atoms with Crippen LogP contribution in [-0.2, 0) is 29.4 Å². The van der Waals surface area contributed by atoms with Crippen LogP contribution in [-0.4, -0.2) is 131 Å². The number of benzene rings is 2. The molecular formula is C35H37N3O15. The minimum atomic E-state index is -3.41. The average molecular weight is 740 g/mol. The highest BCUT2D eigenvalue weighted by atomic mass is 16.6. The molecule has 1 heterocycles. The van der Waals surface area contributed by atoms with Gasteiger partial charge in [-0.2, -0.15) is 0 Å². The van der Waals surface area contributed by atoms with Crippen LogP contribution in [0.25, 0.3) is 0 Å². The minimum absolute atomic E-state index is 0.0293. The molecule has 2 aromatic carbocycles. The summed E-state index contributed by atoms with van der Waals surface area (Å²) in [5.41, 5.74) is -5.44. The molecule has 0 bridgehead atoms. The van der Waals surface area contributed by atoms with E-state index in [0.717, 1.165) is 25.3 Å². The van der Waals surface area contributed by atoms with Crippen LogP contribution in [0.4, 0.5) is 0 Å². The van der Waals surface area contributed by atoms with Gasteiger partial charge in [-0.15, -0.1) is 0 Å². The maximum atomic E-state index is 14.8. The Bertz CT molecular complexity index is 2030. The van der Waals surface area contributed by atoms with Gasteiger partial charge in [-0.3, -0.25) is 24.5 Å². The first-order valence-corrected chi connectivity index (χ1v) is 16.3. The summed E-state index contributed by atoms with van der Waals surface area (Å²) in [5.74, 6) is -8.50. The number of fused-ring (bicyclic) bond motifs is 5. The quantitative estimate of drug-likeness (QED) is 0.129. The molecule has 8 atom stereocenters. The van der Waals surface area contributed by atoms with Gasteiger partial charge < -0.3 is 55.1 Å². The van der Waals surface area contributed by atoms with Crippen LogP contribution in [0.2, 0.25) is 0 Å². The SMILES string of the molecule is COC1/C(=N/OCCN)C(OC)C(NC2c3cc(C)c(C(=O)O)c(O)c3C3(O)C(=O)c4cc5c(c(O)c4C(=O)C3(OC)C2O)C(=O)C=CC5=O)OC1C. The number of aliphatic hydroxyl groups is 2. The van der Waals surface area contributed by atoms with Gasteiger partial charge in [-0.05, 0) is 43.2 Å². The lowest BCUT2D eigenvalue weighted by atomic mass is 9.55. The van der Waals surface area contributed by atoms with E-state index in [1.165, 1.54) is 27.2 Å². The first kappa shape index (κ1) is 37.8. The number of phenolic OH excluding ortho intramolecular Hbond substituents is 1. The average Bonchev–Trinajstić information content (AvgIpc) is 3.10. The van der Waals surface area contributed by atoms with E-state index in [2.05, 4.69) is 10.5 Å². The number of ketones is 4. The molecule has 18 heteroatoms. The van der Waals surface area contributed by atoms with Crippen molar-refractivity contribution in [2.24, 2.45) is 10.9 Å². The van der Waals surface area contributed by atoms with Crippen LogP contribution in [0.1, 0.15) is 81.4 Å². The summed E-state index contributed by atoms with van der Waals surface area (Å²) in [6.07, 6.45) is -4.60. The van der Waals surface area contributed by atoms with Crippen molar-refractivity contribution in [3.05, 3.63) is 68.8 Å². The lowest BCUT2D eigenvalue weighted by molar-refractivity contribution is -0.199. The van der Waals surface area contributed by atoms with Gasteiger partial charge in [0.25, 0.3) is 0 Å². The molecule has 3 aliphatic carbocycles. The summed E-state index contributed by atoms with van der Waals surface area (Å²) in [6.45, 7) is 3.11. The number of methoxy groups -OCH3 is 3. The third kappa shape index (κ3) is 5.09. The molecule has 1 saturated heterocycles. The molecule has 18 nitrogen and oxygen atoms in total. The Morgan fingerprint density at radius 1 is 0.981 bits per heavy atom. The van der Waals surface area contributed by atoms with Gasteiger partial charge in [0.05, 0.1) is 23.3 Å². The number of hydrogen-bond donors (Lipinski definition) is 7. The molecule has 0 saturated carbocycles. The number of ether oxygens (including phenoxy) is 4. The topological polar surface area (TPSA) is 283 Å². The zero-order valence-electron chi connectivity index (χ0n) is 29.0. The van der Waals surface area contributed by atoms with Crippen molar-refractivity contribution in [2.45, 2.75) is 61.7 Å². The van der Waals surface area contributed by atoms with E-state index in [-0.39, 0.29) is 30.0 Å². The summed E-state index contributed by atoms with van der Waals surface area (Å²) in [4.78, 5) is 73.0. The van der Waals surface area contributed by atoms with Gasteiger partial charge in [0.1, 0.15) is 53.9 Å². The van der Waals surface area contributed by atoms with Crippen molar-refractivity contribution >= 4 is 34.8 Å². The fourth-order valence-electron chi connectivity index (χ4n) is 7.94. The fourth-order valence-corrected chi connectivity index (χ4v) is 7.94. The number of allylic oxidation sites excluding steroid dienone is 2. The third-order valence-electron chi connectivity index (χ3n) is 10.2. The zero-order chi connectivity index (χ0) is 38.9. The molecule has 2 aromatic rings. The molecule has 8 unspecified atom stereocenters. The predicted octanol–water partition coefficient (Wildman–Crippen LogP) is -0.197. The molecule has 6 rings (SSSR count). The summed E-state index contributed by atoms with van der Waals surface area (Å²) >= 11 is 0. The molecule has 0 spiro atoms. The molecule has 4 aliphatic rings. The van der Waals surface area contributed by atoms with Crippen LogP contribution < -0.4 is 11.1 Å². The highest BCUT2D eigenvalue weighted by molar-refractivity contribution is 6.30. The summed E-state index contributed by atoms with van der Waals surface area (Å²) in [6, 6.07) is 0.362.